The molecule has 2 N–H and O–H groups in total. The number of anilines is 2. The fraction of sp³-hybridized carbons (Fsp3) is 0.318. The van der Waals surface area contributed by atoms with Crippen molar-refractivity contribution in [2.24, 2.45) is 5.92 Å². The molecule has 2 heterocycles. The zero-order chi connectivity index (χ0) is 21.1. The lowest BCUT2D eigenvalue weighted by Gasteiger charge is -2.24. The van der Waals surface area contributed by atoms with Gasteiger partial charge in [-0.1, -0.05) is 12.1 Å². The first-order chi connectivity index (χ1) is 14.5. The molecule has 2 aromatic heterocycles. The van der Waals surface area contributed by atoms with Gasteiger partial charge in [-0.15, -0.1) is 0 Å². The number of aryl methyl sites for hydroxylation is 1. The molecule has 0 unspecified atom stereocenters. The Morgan fingerprint density at radius 2 is 1.93 bits per heavy atom. The van der Waals surface area contributed by atoms with E-state index in [-0.39, 0.29) is 11.5 Å². The molecule has 30 heavy (non-hydrogen) atoms. The molecule has 0 saturated heterocycles. The van der Waals surface area contributed by atoms with Crippen molar-refractivity contribution < 1.29 is 9.90 Å². The van der Waals surface area contributed by atoms with Crippen molar-refractivity contribution in [1.29, 1.82) is 5.26 Å². The molecule has 0 amide bonds. The second-order valence-corrected chi connectivity index (χ2v) is 7.58. The van der Waals surface area contributed by atoms with Crippen LogP contribution < -0.4 is 5.32 Å². The fourth-order valence-electron chi connectivity index (χ4n) is 3.77. The van der Waals surface area contributed by atoms with Crippen LogP contribution in [0.3, 0.4) is 0 Å². The third-order valence-corrected chi connectivity index (χ3v) is 5.49. The molecule has 1 saturated carbocycles. The van der Waals surface area contributed by atoms with E-state index in [4.69, 9.17) is 10.4 Å². The van der Waals surface area contributed by atoms with Crippen LogP contribution in [-0.2, 0) is 0 Å². The SMILES string of the molecule is Cc1cnc(Nc2cnn([C@H]3CC[C@@H](C#N)CC3)c2)nc1-c1ccc(C(=O)O)cc1. The smallest absolute Gasteiger partial charge is 0.335 e. The summed E-state index contributed by atoms with van der Waals surface area (Å²) in [6.07, 6.45) is 9.17. The van der Waals surface area contributed by atoms with E-state index in [1.165, 1.54) is 0 Å². The van der Waals surface area contributed by atoms with Gasteiger partial charge in [0.2, 0.25) is 5.95 Å². The van der Waals surface area contributed by atoms with Gasteiger partial charge in [-0.3, -0.25) is 4.68 Å². The summed E-state index contributed by atoms with van der Waals surface area (Å²) < 4.78 is 1.95. The molecule has 1 aliphatic rings. The Kier molecular flexibility index (Phi) is 5.44. The highest BCUT2D eigenvalue weighted by Gasteiger charge is 2.22. The molecule has 0 spiro atoms. The molecular formula is C22H22N6O2. The molecule has 3 aromatic rings. The Hall–Kier alpha value is -3.73. The van der Waals surface area contributed by atoms with E-state index in [9.17, 15) is 4.79 Å². The normalized spacial score (nSPS) is 18.5. The predicted molar refractivity (Wildman–Crippen MR) is 111 cm³/mol. The van der Waals surface area contributed by atoms with E-state index >= 15 is 0 Å². The number of nitrogens with zero attached hydrogens (tertiary/aromatic N) is 5. The summed E-state index contributed by atoms with van der Waals surface area (Å²) in [5.74, 6) is -0.342. The monoisotopic (exact) mass is 402 g/mol. The van der Waals surface area contributed by atoms with Gasteiger partial charge >= 0.3 is 5.97 Å². The molecule has 1 fully saturated rings. The molecule has 0 radical (unpaired) electrons. The van der Waals surface area contributed by atoms with Crippen molar-refractivity contribution in [2.75, 3.05) is 5.32 Å². The first-order valence-corrected chi connectivity index (χ1v) is 9.91. The zero-order valence-corrected chi connectivity index (χ0v) is 16.6. The molecule has 1 aromatic carbocycles. The van der Waals surface area contributed by atoms with Gasteiger partial charge in [0.1, 0.15) is 0 Å². The Morgan fingerprint density at radius 1 is 1.20 bits per heavy atom. The Balaban J connectivity index is 1.49. The number of carboxylic acids is 1. The minimum absolute atomic E-state index is 0.165. The third kappa shape index (κ3) is 4.15. The first-order valence-electron chi connectivity index (χ1n) is 9.91. The minimum atomic E-state index is -0.957. The van der Waals surface area contributed by atoms with Crippen LogP contribution in [-0.4, -0.2) is 30.8 Å². The number of hydrogen-bond acceptors (Lipinski definition) is 6. The maximum absolute atomic E-state index is 11.1. The molecular weight excluding hydrogens is 380 g/mol. The number of hydrogen-bond donors (Lipinski definition) is 2. The molecule has 4 rings (SSSR count). The van der Waals surface area contributed by atoms with Gasteiger partial charge < -0.3 is 10.4 Å². The Labute approximate surface area is 174 Å². The van der Waals surface area contributed by atoms with Crippen LogP contribution >= 0.6 is 0 Å². The number of carboxylic acid groups (broad SMARTS) is 1. The summed E-state index contributed by atoms with van der Waals surface area (Å²) in [6.45, 7) is 1.92. The van der Waals surface area contributed by atoms with Gasteiger partial charge in [-0.05, 0) is 50.3 Å². The standard InChI is InChI=1S/C22H22N6O2/c1-14-11-24-22(27-20(14)16-4-6-17(7-5-16)21(29)30)26-18-12-25-28(13-18)19-8-2-15(10-23)3-9-19/h4-7,11-13,15,19H,2-3,8-9H2,1H3,(H,29,30)(H,24,26,27)/t15-,19+. The van der Waals surface area contributed by atoms with Gasteiger partial charge in [0, 0.05) is 23.9 Å². The molecule has 8 heteroatoms. The number of aromatic nitrogens is 4. The lowest BCUT2D eigenvalue weighted by molar-refractivity contribution is 0.0697. The maximum atomic E-state index is 11.1. The summed E-state index contributed by atoms with van der Waals surface area (Å²) in [5, 5.41) is 25.8. The number of aromatic carboxylic acids is 1. The molecule has 0 aliphatic heterocycles. The van der Waals surface area contributed by atoms with Crippen molar-refractivity contribution in [3.05, 3.63) is 54.0 Å². The molecule has 152 valence electrons. The van der Waals surface area contributed by atoms with Gasteiger partial charge in [0.25, 0.3) is 0 Å². The number of rotatable bonds is 5. The summed E-state index contributed by atoms with van der Waals surface area (Å²) in [7, 11) is 0. The summed E-state index contributed by atoms with van der Waals surface area (Å²) in [6, 6.07) is 9.30. The van der Waals surface area contributed by atoms with E-state index in [0.717, 1.165) is 48.2 Å². The van der Waals surface area contributed by atoms with E-state index in [0.29, 0.717) is 12.0 Å². The van der Waals surface area contributed by atoms with Crippen LogP contribution in [0.5, 0.6) is 0 Å². The van der Waals surface area contributed by atoms with E-state index in [2.05, 4.69) is 26.5 Å². The van der Waals surface area contributed by atoms with E-state index in [1.807, 2.05) is 17.8 Å². The largest absolute Gasteiger partial charge is 0.478 e. The molecule has 0 bridgehead atoms. The average molecular weight is 402 g/mol. The van der Waals surface area contributed by atoms with Crippen LogP contribution in [0.15, 0.2) is 42.9 Å². The minimum Gasteiger partial charge on any atom is -0.478 e. The van der Waals surface area contributed by atoms with Crippen LogP contribution in [0.25, 0.3) is 11.3 Å². The Bertz CT molecular complexity index is 1090. The van der Waals surface area contributed by atoms with Gasteiger partial charge in [0.15, 0.2) is 0 Å². The van der Waals surface area contributed by atoms with E-state index < -0.39 is 5.97 Å². The van der Waals surface area contributed by atoms with Crippen LogP contribution in [0.1, 0.15) is 47.6 Å². The second-order valence-electron chi connectivity index (χ2n) is 7.58. The number of carbonyl (C=O) groups is 1. The van der Waals surface area contributed by atoms with Gasteiger partial charge in [-0.2, -0.15) is 10.4 Å². The van der Waals surface area contributed by atoms with Crippen molar-refractivity contribution in [2.45, 2.75) is 38.6 Å². The first kappa shape index (κ1) is 19.6. The van der Waals surface area contributed by atoms with E-state index in [1.54, 1.807) is 36.7 Å². The Morgan fingerprint density at radius 3 is 2.60 bits per heavy atom. The maximum Gasteiger partial charge on any atom is 0.335 e. The highest BCUT2D eigenvalue weighted by molar-refractivity contribution is 5.88. The lowest BCUT2D eigenvalue weighted by Crippen LogP contribution is -2.17. The molecule has 1 aliphatic carbocycles. The summed E-state index contributed by atoms with van der Waals surface area (Å²) >= 11 is 0. The summed E-state index contributed by atoms with van der Waals surface area (Å²) in [4.78, 5) is 20.0. The number of nitriles is 1. The molecule has 8 nitrogen and oxygen atoms in total. The van der Waals surface area contributed by atoms with Crippen molar-refractivity contribution in [1.82, 2.24) is 19.7 Å². The van der Waals surface area contributed by atoms with Gasteiger partial charge in [0.05, 0.1) is 35.3 Å². The van der Waals surface area contributed by atoms with Crippen LogP contribution in [0, 0.1) is 24.2 Å². The van der Waals surface area contributed by atoms with Crippen molar-refractivity contribution in [3.63, 3.8) is 0 Å². The second kappa shape index (κ2) is 8.33. The average Bonchev–Trinajstić information content (AvgIpc) is 3.23. The number of benzene rings is 1. The number of nitrogens with one attached hydrogen (secondary N) is 1. The quantitative estimate of drug-likeness (QED) is 0.652. The van der Waals surface area contributed by atoms with Crippen LogP contribution in [0.4, 0.5) is 11.6 Å². The summed E-state index contributed by atoms with van der Waals surface area (Å²) in [5.41, 5.74) is 3.50. The third-order valence-electron chi connectivity index (χ3n) is 5.49. The van der Waals surface area contributed by atoms with Crippen LogP contribution in [0.2, 0.25) is 0 Å². The van der Waals surface area contributed by atoms with Gasteiger partial charge in [-0.25, -0.2) is 14.8 Å². The highest BCUT2D eigenvalue weighted by Crippen LogP contribution is 2.32. The fourth-order valence-corrected chi connectivity index (χ4v) is 3.77. The molecule has 0 atom stereocenters. The lowest BCUT2D eigenvalue weighted by atomic mass is 9.87. The predicted octanol–water partition coefficient (Wildman–Crippen LogP) is 4.35. The zero-order valence-electron chi connectivity index (χ0n) is 16.6. The van der Waals surface area contributed by atoms with Crippen molar-refractivity contribution in [3.8, 4) is 17.3 Å². The topological polar surface area (TPSA) is 117 Å². The van der Waals surface area contributed by atoms with Crippen molar-refractivity contribution >= 4 is 17.6 Å². The highest BCUT2D eigenvalue weighted by atomic mass is 16.4.